The van der Waals surface area contributed by atoms with Crippen LogP contribution in [0.3, 0.4) is 0 Å². The number of nitrogens with zero attached hydrogens (tertiary/aromatic N) is 1. The Bertz CT molecular complexity index is 509. The Labute approximate surface area is 132 Å². The Morgan fingerprint density at radius 3 is 2.27 bits per heavy atom. The molecule has 1 aliphatic rings. The van der Waals surface area contributed by atoms with Crippen molar-refractivity contribution in [2.24, 2.45) is 16.8 Å². The molecule has 0 aliphatic heterocycles. The fourth-order valence-electron chi connectivity index (χ4n) is 2.76. The van der Waals surface area contributed by atoms with E-state index in [1.54, 1.807) is 24.3 Å². The number of hydrogen-bond acceptors (Lipinski definition) is 2. The summed E-state index contributed by atoms with van der Waals surface area (Å²) in [5.74, 6) is -0.732. The van der Waals surface area contributed by atoms with Crippen molar-refractivity contribution in [3.63, 3.8) is 0 Å². The molecule has 0 atom stereocenters. The van der Waals surface area contributed by atoms with E-state index in [2.05, 4.69) is 4.99 Å². The average Bonchev–Trinajstić information content (AvgIpc) is 2.48. The van der Waals surface area contributed by atoms with Gasteiger partial charge < -0.3 is 0 Å². The van der Waals surface area contributed by atoms with Gasteiger partial charge >= 0.3 is 6.18 Å². The van der Waals surface area contributed by atoms with Gasteiger partial charge in [-0.3, -0.25) is 10.7 Å². The summed E-state index contributed by atoms with van der Waals surface area (Å²) in [5, 5.41) is 9.75. The van der Waals surface area contributed by atoms with Gasteiger partial charge in [-0.05, 0) is 55.9 Å². The van der Waals surface area contributed by atoms with Crippen molar-refractivity contribution in [2.75, 3.05) is 0 Å². The SMILES string of the molecule is ONC(CC1CCC(C(F)(F)F)CC1)=Nc1ccc(Cl)cc1. The average molecular weight is 335 g/mol. The number of hydroxylamine groups is 1. The van der Waals surface area contributed by atoms with E-state index in [9.17, 15) is 13.2 Å². The summed E-state index contributed by atoms with van der Waals surface area (Å²) in [6.45, 7) is 0. The van der Waals surface area contributed by atoms with Crippen LogP contribution in [0, 0.1) is 11.8 Å². The van der Waals surface area contributed by atoms with Gasteiger partial charge in [0.2, 0.25) is 0 Å². The summed E-state index contributed by atoms with van der Waals surface area (Å²) >= 11 is 5.78. The van der Waals surface area contributed by atoms with E-state index in [-0.39, 0.29) is 18.8 Å². The molecule has 0 radical (unpaired) electrons. The molecule has 1 aliphatic carbocycles. The van der Waals surface area contributed by atoms with Crippen molar-refractivity contribution in [1.29, 1.82) is 0 Å². The van der Waals surface area contributed by atoms with Gasteiger partial charge in [0.15, 0.2) is 0 Å². The molecule has 0 heterocycles. The Morgan fingerprint density at radius 2 is 1.77 bits per heavy atom. The van der Waals surface area contributed by atoms with E-state index < -0.39 is 12.1 Å². The monoisotopic (exact) mass is 334 g/mol. The molecule has 22 heavy (non-hydrogen) atoms. The van der Waals surface area contributed by atoms with E-state index in [0.717, 1.165) is 0 Å². The van der Waals surface area contributed by atoms with Gasteiger partial charge in [-0.2, -0.15) is 13.2 Å². The van der Waals surface area contributed by atoms with Gasteiger partial charge in [0.25, 0.3) is 0 Å². The van der Waals surface area contributed by atoms with Crippen LogP contribution in [0.5, 0.6) is 0 Å². The number of halogens is 4. The summed E-state index contributed by atoms with van der Waals surface area (Å²) < 4.78 is 37.9. The zero-order valence-corrected chi connectivity index (χ0v) is 12.7. The normalized spacial score (nSPS) is 23.4. The smallest absolute Gasteiger partial charge is 0.290 e. The lowest BCUT2D eigenvalue weighted by Gasteiger charge is -2.29. The molecule has 0 bridgehead atoms. The number of benzene rings is 1. The second-order valence-corrected chi connectivity index (χ2v) is 6.05. The molecule has 0 amide bonds. The van der Waals surface area contributed by atoms with Crippen molar-refractivity contribution in [3.05, 3.63) is 29.3 Å². The molecule has 2 rings (SSSR count). The Hall–Kier alpha value is -1.27. The van der Waals surface area contributed by atoms with E-state index in [4.69, 9.17) is 16.8 Å². The maximum absolute atomic E-state index is 12.6. The maximum atomic E-state index is 12.6. The molecule has 0 aromatic heterocycles. The molecule has 1 aromatic rings. The number of aliphatic imine (C=N–C) groups is 1. The second-order valence-electron chi connectivity index (χ2n) is 5.61. The molecule has 1 fully saturated rings. The van der Waals surface area contributed by atoms with E-state index in [0.29, 0.717) is 35.8 Å². The lowest BCUT2D eigenvalue weighted by Crippen LogP contribution is -2.30. The summed E-state index contributed by atoms with van der Waals surface area (Å²) in [6, 6.07) is 6.79. The van der Waals surface area contributed by atoms with Crippen molar-refractivity contribution >= 4 is 23.1 Å². The Morgan fingerprint density at radius 1 is 1.18 bits per heavy atom. The molecule has 122 valence electrons. The van der Waals surface area contributed by atoms with Crippen LogP contribution in [-0.2, 0) is 0 Å². The van der Waals surface area contributed by atoms with Crippen LogP contribution in [0.2, 0.25) is 5.02 Å². The highest BCUT2D eigenvalue weighted by atomic mass is 35.5. The third-order valence-electron chi connectivity index (χ3n) is 4.01. The highest BCUT2D eigenvalue weighted by molar-refractivity contribution is 6.30. The zero-order valence-electron chi connectivity index (χ0n) is 11.9. The van der Waals surface area contributed by atoms with Crippen molar-refractivity contribution in [1.82, 2.24) is 5.48 Å². The third kappa shape index (κ3) is 4.88. The predicted molar refractivity (Wildman–Crippen MR) is 79.6 cm³/mol. The van der Waals surface area contributed by atoms with Crippen molar-refractivity contribution < 1.29 is 18.4 Å². The molecule has 3 nitrogen and oxygen atoms in total. The fourth-order valence-corrected chi connectivity index (χ4v) is 2.88. The first-order chi connectivity index (χ1) is 10.4. The number of alkyl halides is 3. The number of amidine groups is 1. The Balaban J connectivity index is 1.93. The van der Waals surface area contributed by atoms with Gasteiger partial charge in [-0.15, -0.1) is 0 Å². The highest BCUT2D eigenvalue weighted by Crippen LogP contribution is 2.40. The summed E-state index contributed by atoms with van der Waals surface area (Å²) in [6.07, 6.45) is -2.39. The number of rotatable bonds is 3. The number of hydrogen-bond donors (Lipinski definition) is 2. The van der Waals surface area contributed by atoms with Crippen LogP contribution in [0.1, 0.15) is 32.1 Å². The van der Waals surface area contributed by atoms with Crippen LogP contribution < -0.4 is 5.48 Å². The molecule has 0 unspecified atom stereocenters. The minimum atomic E-state index is -4.10. The predicted octanol–water partition coefficient (Wildman–Crippen LogP) is 5.11. The molecule has 0 spiro atoms. The van der Waals surface area contributed by atoms with Crippen LogP contribution in [0.15, 0.2) is 29.3 Å². The fraction of sp³-hybridized carbons (Fsp3) is 0.533. The van der Waals surface area contributed by atoms with Gasteiger partial charge in [-0.1, -0.05) is 11.6 Å². The molecular weight excluding hydrogens is 317 g/mol. The second kappa shape index (κ2) is 7.33. The van der Waals surface area contributed by atoms with Crippen LogP contribution >= 0.6 is 11.6 Å². The topological polar surface area (TPSA) is 44.6 Å². The minimum Gasteiger partial charge on any atom is -0.290 e. The first-order valence-corrected chi connectivity index (χ1v) is 7.56. The molecule has 7 heteroatoms. The summed E-state index contributed by atoms with van der Waals surface area (Å²) in [5.41, 5.74) is 2.68. The first kappa shape index (κ1) is 17.1. The Kier molecular flexibility index (Phi) is 5.69. The summed E-state index contributed by atoms with van der Waals surface area (Å²) in [7, 11) is 0. The quantitative estimate of drug-likeness (QED) is 0.458. The summed E-state index contributed by atoms with van der Waals surface area (Å²) in [4.78, 5) is 4.25. The van der Waals surface area contributed by atoms with Crippen molar-refractivity contribution in [2.45, 2.75) is 38.3 Å². The standard InChI is InChI=1S/C15H18ClF3N2O/c16-12-5-7-13(8-6-12)20-14(21-22)9-10-1-3-11(4-2-10)15(17,18)19/h5-8,10-11,22H,1-4,9H2,(H,20,21). The molecule has 2 N–H and O–H groups in total. The maximum Gasteiger partial charge on any atom is 0.391 e. The molecule has 1 aromatic carbocycles. The zero-order chi connectivity index (χ0) is 16.2. The van der Waals surface area contributed by atoms with Crippen LogP contribution in [0.25, 0.3) is 0 Å². The lowest BCUT2D eigenvalue weighted by molar-refractivity contribution is -0.183. The van der Waals surface area contributed by atoms with Gasteiger partial charge in [0.1, 0.15) is 5.84 Å². The van der Waals surface area contributed by atoms with E-state index >= 15 is 0 Å². The molecule has 1 saturated carbocycles. The van der Waals surface area contributed by atoms with Gasteiger partial charge in [-0.25, -0.2) is 4.99 Å². The number of nitrogens with one attached hydrogen (secondary N) is 1. The van der Waals surface area contributed by atoms with Crippen LogP contribution in [-0.4, -0.2) is 17.2 Å². The first-order valence-electron chi connectivity index (χ1n) is 7.18. The molecule has 0 saturated heterocycles. The lowest BCUT2D eigenvalue weighted by atomic mass is 9.80. The van der Waals surface area contributed by atoms with E-state index in [1.807, 2.05) is 5.48 Å². The van der Waals surface area contributed by atoms with Crippen LogP contribution in [0.4, 0.5) is 18.9 Å². The van der Waals surface area contributed by atoms with Crippen molar-refractivity contribution in [3.8, 4) is 0 Å². The van der Waals surface area contributed by atoms with E-state index in [1.165, 1.54) is 0 Å². The van der Waals surface area contributed by atoms with Gasteiger partial charge in [0.05, 0.1) is 11.6 Å². The largest absolute Gasteiger partial charge is 0.391 e. The third-order valence-corrected chi connectivity index (χ3v) is 4.26. The molecular formula is C15H18ClF3N2O. The minimum absolute atomic E-state index is 0.101. The van der Waals surface area contributed by atoms with Gasteiger partial charge in [0, 0.05) is 11.4 Å². The highest BCUT2D eigenvalue weighted by Gasteiger charge is 2.41.